The first-order valence-corrected chi connectivity index (χ1v) is 10.3. The molecular formula is C19H18F4N2O4S. The van der Waals surface area contributed by atoms with Crippen LogP contribution >= 0.6 is 0 Å². The van der Waals surface area contributed by atoms with E-state index in [0.717, 1.165) is 34.6 Å². The monoisotopic (exact) mass is 446 g/mol. The Balaban J connectivity index is 1.77. The summed E-state index contributed by atoms with van der Waals surface area (Å²) in [6.45, 7) is -0.185. The summed E-state index contributed by atoms with van der Waals surface area (Å²) in [6, 6.07) is 7.89. The highest BCUT2D eigenvalue weighted by molar-refractivity contribution is 7.89. The van der Waals surface area contributed by atoms with E-state index in [1.165, 1.54) is 24.1 Å². The number of halogens is 4. The van der Waals surface area contributed by atoms with E-state index < -0.39 is 34.7 Å². The third-order valence-electron chi connectivity index (χ3n) is 4.58. The summed E-state index contributed by atoms with van der Waals surface area (Å²) in [5, 5.41) is 0. The van der Waals surface area contributed by atoms with Crippen molar-refractivity contribution >= 4 is 21.6 Å². The van der Waals surface area contributed by atoms with Gasteiger partial charge in [-0.05, 0) is 60.9 Å². The first-order chi connectivity index (χ1) is 14.0. The molecule has 0 aromatic heterocycles. The van der Waals surface area contributed by atoms with Crippen molar-refractivity contribution in [3.63, 3.8) is 0 Å². The molecule has 0 saturated heterocycles. The summed E-state index contributed by atoms with van der Waals surface area (Å²) in [7, 11) is -2.80. The van der Waals surface area contributed by atoms with Gasteiger partial charge in [0.25, 0.3) is 0 Å². The molecular weight excluding hydrogens is 428 g/mol. The van der Waals surface area contributed by atoms with Gasteiger partial charge in [0, 0.05) is 19.3 Å². The number of alkyl halides is 3. The topological polar surface area (TPSA) is 66.9 Å². The van der Waals surface area contributed by atoms with Gasteiger partial charge in [0.15, 0.2) is 0 Å². The van der Waals surface area contributed by atoms with E-state index in [2.05, 4.69) is 4.74 Å². The maximum absolute atomic E-state index is 13.0. The van der Waals surface area contributed by atoms with E-state index in [9.17, 15) is 30.8 Å². The average Bonchev–Trinajstić information content (AvgIpc) is 2.66. The van der Waals surface area contributed by atoms with Crippen LogP contribution in [0.5, 0.6) is 5.75 Å². The van der Waals surface area contributed by atoms with Gasteiger partial charge in [-0.3, -0.25) is 4.79 Å². The number of amides is 1. The first-order valence-electron chi connectivity index (χ1n) is 8.88. The molecule has 0 spiro atoms. The van der Waals surface area contributed by atoms with Crippen LogP contribution in [0, 0.1) is 5.82 Å². The zero-order valence-electron chi connectivity index (χ0n) is 15.8. The van der Waals surface area contributed by atoms with Crippen LogP contribution in [0.15, 0.2) is 47.4 Å². The van der Waals surface area contributed by atoms with E-state index in [0.29, 0.717) is 30.6 Å². The molecule has 0 atom stereocenters. The standard InChI is InChI=1S/C19H18F4N2O4S/c1-24(30(27,28)16-7-4-14(20)5-8-16)12-18(26)25-10-2-3-13-11-15(6-9-17(13)25)29-19(21,22)23/h4-9,11H,2-3,10,12H2,1H3. The molecule has 1 aliphatic rings. The Bertz CT molecular complexity index is 1040. The van der Waals surface area contributed by atoms with Crippen molar-refractivity contribution in [1.29, 1.82) is 0 Å². The molecule has 0 aliphatic carbocycles. The Morgan fingerprint density at radius 2 is 1.83 bits per heavy atom. The maximum atomic E-state index is 13.0. The minimum absolute atomic E-state index is 0.160. The highest BCUT2D eigenvalue weighted by Gasteiger charge is 2.32. The van der Waals surface area contributed by atoms with Crippen molar-refractivity contribution < 1.29 is 35.5 Å². The van der Waals surface area contributed by atoms with Gasteiger partial charge in [0.2, 0.25) is 15.9 Å². The van der Waals surface area contributed by atoms with Crippen LogP contribution in [0.4, 0.5) is 23.2 Å². The quantitative estimate of drug-likeness (QED) is 0.661. The van der Waals surface area contributed by atoms with Crippen LogP contribution < -0.4 is 9.64 Å². The molecule has 11 heteroatoms. The Morgan fingerprint density at radius 1 is 1.17 bits per heavy atom. The van der Waals surface area contributed by atoms with Crippen LogP contribution in [-0.2, 0) is 21.2 Å². The summed E-state index contributed by atoms with van der Waals surface area (Å²) < 4.78 is 80.3. The predicted octanol–water partition coefficient (Wildman–Crippen LogP) is 3.32. The summed E-state index contributed by atoms with van der Waals surface area (Å²) in [4.78, 5) is 13.9. The number of likely N-dealkylation sites (N-methyl/N-ethyl adjacent to an activating group) is 1. The molecule has 3 rings (SSSR count). The Labute approximate surface area is 170 Å². The number of hydrogen-bond acceptors (Lipinski definition) is 4. The number of aryl methyl sites for hydroxylation is 1. The van der Waals surface area contributed by atoms with Crippen LogP contribution in [0.3, 0.4) is 0 Å². The van der Waals surface area contributed by atoms with Crippen molar-refractivity contribution in [2.45, 2.75) is 24.1 Å². The summed E-state index contributed by atoms with van der Waals surface area (Å²) >= 11 is 0. The average molecular weight is 446 g/mol. The number of rotatable bonds is 5. The van der Waals surface area contributed by atoms with Crippen molar-refractivity contribution in [3.8, 4) is 5.75 Å². The molecule has 30 heavy (non-hydrogen) atoms. The zero-order valence-corrected chi connectivity index (χ0v) is 16.6. The van der Waals surface area contributed by atoms with Crippen LogP contribution in [0.2, 0.25) is 0 Å². The molecule has 2 aromatic carbocycles. The van der Waals surface area contributed by atoms with Gasteiger partial charge in [-0.15, -0.1) is 13.2 Å². The molecule has 0 N–H and O–H groups in total. The molecule has 6 nitrogen and oxygen atoms in total. The van der Waals surface area contributed by atoms with Crippen molar-refractivity contribution in [3.05, 3.63) is 53.8 Å². The smallest absolute Gasteiger partial charge is 0.406 e. The molecule has 0 unspecified atom stereocenters. The van der Waals surface area contributed by atoms with Gasteiger partial charge in [0.1, 0.15) is 11.6 Å². The van der Waals surface area contributed by atoms with Gasteiger partial charge in [-0.1, -0.05) is 0 Å². The number of anilines is 1. The molecule has 162 valence electrons. The summed E-state index contributed by atoms with van der Waals surface area (Å²) in [5.41, 5.74) is 0.911. The number of carbonyl (C=O) groups is 1. The second-order valence-electron chi connectivity index (χ2n) is 6.70. The third-order valence-corrected chi connectivity index (χ3v) is 6.40. The van der Waals surface area contributed by atoms with Gasteiger partial charge in [-0.2, -0.15) is 4.31 Å². The molecule has 1 heterocycles. The molecule has 1 aliphatic heterocycles. The molecule has 1 amide bonds. The van der Waals surface area contributed by atoms with E-state index in [1.807, 2.05) is 0 Å². The van der Waals surface area contributed by atoms with Gasteiger partial charge in [-0.25, -0.2) is 12.8 Å². The fraction of sp³-hybridized carbons (Fsp3) is 0.316. The van der Waals surface area contributed by atoms with Crippen LogP contribution in [0.25, 0.3) is 0 Å². The fourth-order valence-electron chi connectivity index (χ4n) is 3.18. The second-order valence-corrected chi connectivity index (χ2v) is 8.75. The molecule has 2 aromatic rings. The SMILES string of the molecule is CN(CC(=O)N1CCCc2cc(OC(F)(F)F)ccc21)S(=O)(=O)c1ccc(F)cc1. The van der Waals surface area contributed by atoms with E-state index in [-0.39, 0.29) is 10.6 Å². The largest absolute Gasteiger partial charge is 0.573 e. The second kappa shape index (κ2) is 8.23. The zero-order chi connectivity index (χ0) is 22.1. The van der Waals surface area contributed by atoms with Crippen LogP contribution in [-0.4, -0.2) is 45.1 Å². The minimum atomic E-state index is -4.82. The predicted molar refractivity (Wildman–Crippen MR) is 100 cm³/mol. The molecule has 0 bridgehead atoms. The maximum Gasteiger partial charge on any atom is 0.573 e. The number of carbonyl (C=O) groups excluding carboxylic acids is 1. The lowest BCUT2D eigenvalue weighted by atomic mass is 10.0. The first kappa shape index (κ1) is 22.0. The number of hydrogen-bond donors (Lipinski definition) is 0. The van der Waals surface area contributed by atoms with Gasteiger partial charge in [0.05, 0.1) is 11.4 Å². The van der Waals surface area contributed by atoms with Crippen molar-refractivity contribution in [2.24, 2.45) is 0 Å². The number of ether oxygens (including phenoxy) is 1. The number of sulfonamides is 1. The minimum Gasteiger partial charge on any atom is -0.406 e. The van der Waals surface area contributed by atoms with Crippen molar-refractivity contribution in [2.75, 3.05) is 25.0 Å². The molecule has 0 fully saturated rings. The van der Waals surface area contributed by atoms with Crippen molar-refractivity contribution in [1.82, 2.24) is 4.31 Å². The Hall–Kier alpha value is -2.66. The highest BCUT2D eigenvalue weighted by Crippen LogP contribution is 2.33. The Morgan fingerprint density at radius 3 is 2.47 bits per heavy atom. The van der Waals surface area contributed by atoms with Crippen LogP contribution in [0.1, 0.15) is 12.0 Å². The molecule has 0 radical (unpaired) electrons. The lowest BCUT2D eigenvalue weighted by molar-refractivity contribution is -0.274. The third kappa shape index (κ3) is 4.90. The van der Waals surface area contributed by atoms with E-state index in [4.69, 9.17) is 0 Å². The summed E-state index contributed by atoms with van der Waals surface area (Å²) in [5.74, 6) is -1.51. The van der Waals surface area contributed by atoms with Gasteiger partial charge >= 0.3 is 6.36 Å². The Kier molecular flexibility index (Phi) is 6.04. The lowest BCUT2D eigenvalue weighted by Gasteiger charge is -2.31. The lowest BCUT2D eigenvalue weighted by Crippen LogP contribution is -2.43. The number of benzene rings is 2. The number of fused-ring (bicyclic) bond motifs is 1. The molecule has 0 saturated carbocycles. The normalized spacial score (nSPS) is 14.5. The summed E-state index contributed by atoms with van der Waals surface area (Å²) in [6.07, 6.45) is -3.86. The van der Waals surface area contributed by atoms with E-state index >= 15 is 0 Å². The fourth-order valence-corrected chi connectivity index (χ4v) is 4.30. The number of nitrogens with zero attached hydrogens (tertiary/aromatic N) is 2. The van der Waals surface area contributed by atoms with E-state index in [1.54, 1.807) is 0 Å². The highest BCUT2D eigenvalue weighted by atomic mass is 32.2. The van der Waals surface area contributed by atoms with Gasteiger partial charge < -0.3 is 9.64 Å².